The normalized spacial score (nSPS) is 11.1. The minimum Gasteiger partial charge on any atom is -0.506 e. The zero-order valence-corrected chi connectivity index (χ0v) is 11.8. The summed E-state index contributed by atoms with van der Waals surface area (Å²) in [5.41, 5.74) is 0.442. The average molecular weight is 308 g/mol. The van der Waals surface area contributed by atoms with Gasteiger partial charge in [-0.15, -0.1) is 0 Å². The molecule has 2 rings (SSSR count). The predicted molar refractivity (Wildman–Crippen MR) is 76.7 cm³/mol. The minimum absolute atomic E-state index is 0.0153. The highest BCUT2D eigenvalue weighted by Crippen LogP contribution is 2.27. The number of hydrogen-bond donors (Lipinski definition) is 2. The Morgan fingerprint density at radius 2 is 1.90 bits per heavy atom. The third-order valence-electron chi connectivity index (χ3n) is 2.74. The number of rotatable bonds is 4. The molecule has 0 aliphatic rings. The largest absolute Gasteiger partial charge is 0.506 e. The lowest BCUT2D eigenvalue weighted by molar-refractivity contribution is -0.385. The van der Waals surface area contributed by atoms with E-state index in [9.17, 15) is 23.6 Å². The van der Waals surface area contributed by atoms with E-state index in [4.69, 9.17) is 0 Å². The number of hydrogen-bond acceptors (Lipinski definition) is 5. The summed E-state index contributed by atoms with van der Waals surface area (Å²) >= 11 is 0. The first kappa shape index (κ1) is 14.8. The molecule has 0 radical (unpaired) electrons. The van der Waals surface area contributed by atoms with Gasteiger partial charge in [0.1, 0.15) is 5.75 Å². The molecule has 0 bridgehead atoms. The first-order valence-electron chi connectivity index (χ1n) is 5.86. The van der Waals surface area contributed by atoms with Crippen LogP contribution < -0.4 is 4.72 Å². The van der Waals surface area contributed by atoms with Crippen molar-refractivity contribution in [2.75, 3.05) is 4.72 Å². The molecule has 2 aromatic carbocycles. The van der Waals surface area contributed by atoms with Gasteiger partial charge in [-0.1, -0.05) is 12.1 Å². The van der Waals surface area contributed by atoms with Crippen LogP contribution >= 0.6 is 0 Å². The molecular weight excluding hydrogens is 296 g/mol. The van der Waals surface area contributed by atoms with Gasteiger partial charge in [-0.2, -0.15) is 0 Å². The molecule has 0 aliphatic carbocycles. The number of nitro benzene ring substituents is 1. The number of nitro groups is 1. The maximum atomic E-state index is 12.2. The third-order valence-corrected chi connectivity index (χ3v) is 4.10. The van der Waals surface area contributed by atoms with E-state index < -0.39 is 14.9 Å². The Kier molecular flexibility index (Phi) is 3.81. The van der Waals surface area contributed by atoms with Crippen LogP contribution in [0.25, 0.3) is 0 Å². The molecule has 2 N–H and O–H groups in total. The van der Waals surface area contributed by atoms with Crippen LogP contribution in [0.1, 0.15) is 5.56 Å². The molecule has 0 atom stereocenters. The summed E-state index contributed by atoms with van der Waals surface area (Å²) in [5.74, 6) is -0.227. The van der Waals surface area contributed by atoms with Crippen LogP contribution in [0.15, 0.2) is 47.4 Å². The lowest BCUT2D eigenvalue weighted by atomic mass is 10.2. The molecule has 0 amide bonds. The molecule has 21 heavy (non-hydrogen) atoms. The number of benzene rings is 2. The van der Waals surface area contributed by atoms with Crippen LogP contribution in [-0.2, 0) is 10.0 Å². The number of sulfonamides is 1. The number of phenolic OH excluding ortho intramolecular Hbond substituents is 1. The van der Waals surface area contributed by atoms with Crippen molar-refractivity contribution in [2.45, 2.75) is 11.8 Å². The molecule has 0 spiro atoms. The number of nitrogens with zero attached hydrogens (tertiary/aromatic N) is 1. The van der Waals surface area contributed by atoms with Crippen LogP contribution in [0, 0.1) is 17.0 Å². The zero-order valence-electron chi connectivity index (χ0n) is 11.0. The molecule has 0 fully saturated rings. The van der Waals surface area contributed by atoms with Gasteiger partial charge < -0.3 is 5.11 Å². The lowest BCUT2D eigenvalue weighted by Gasteiger charge is -2.10. The fraction of sp³-hybridized carbons (Fsp3) is 0.0769. The van der Waals surface area contributed by atoms with Crippen LogP contribution in [0.5, 0.6) is 5.75 Å². The van der Waals surface area contributed by atoms with Gasteiger partial charge in [0.15, 0.2) is 0 Å². The molecule has 0 heterocycles. The Bertz CT molecular complexity index is 802. The topological polar surface area (TPSA) is 110 Å². The first-order valence-corrected chi connectivity index (χ1v) is 7.35. The fourth-order valence-corrected chi connectivity index (χ4v) is 2.80. The highest BCUT2D eigenvalue weighted by Gasteiger charge is 2.19. The molecule has 0 aromatic heterocycles. The van der Waals surface area contributed by atoms with E-state index >= 15 is 0 Å². The van der Waals surface area contributed by atoms with Gasteiger partial charge in [0, 0.05) is 12.1 Å². The Labute approximate surface area is 121 Å². The van der Waals surface area contributed by atoms with Crippen molar-refractivity contribution in [3.05, 3.63) is 58.1 Å². The summed E-state index contributed by atoms with van der Waals surface area (Å²) in [4.78, 5) is 9.76. The number of aryl methyl sites for hydroxylation is 1. The molecule has 0 aliphatic heterocycles. The quantitative estimate of drug-likeness (QED) is 0.512. The molecule has 2 aromatic rings. The summed E-state index contributed by atoms with van der Waals surface area (Å²) in [6, 6.07) is 9.12. The number of aromatic hydroxyl groups is 1. The molecule has 7 nitrogen and oxygen atoms in total. The molecule has 0 unspecified atom stereocenters. The second kappa shape index (κ2) is 5.41. The minimum atomic E-state index is -4.02. The number of non-ortho nitro benzene ring substituents is 1. The summed E-state index contributed by atoms with van der Waals surface area (Å²) < 4.78 is 26.6. The smallest absolute Gasteiger partial charge is 0.270 e. The summed E-state index contributed by atoms with van der Waals surface area (Å²) in [7, 11) is -4.02. The van der Waals surface area contributed by atoms with E-state index in [0.29, 0.717) is 0 Å². The van der Waals surface area contributed by atoms with Crippen LogP contribution in [0.3, 0.4) is 0 Å². The van der Waals surface area contributed by atoms with Crippen molar-refractivity contribution in [3.63, 3.8) is 0 Å². The summed E-state index contributed by atoms with van der Waals surface area (Å²) in [6.45, 7) is 1.74. The third kappa shape index (κ3) is 3.29. The highest BCUT2D eigenvalue weighted by atomic mass is 32.2. The van der Waals surface area contributed by atoms with Crippen molar-refractivity contribution in [1.29, 1.82) is 0 Å². The van der Waals surface area contributed by atoms with Gasteiger partial charge in [-0.05, 0) is 30.7 Å². The predicted octanol–water partition coefficient (Wildman–Crippen LogP) is 2.41. The van der Waals surface area contributed by atoms with E-state index in [-0.39, 0.29) is 22.0 Å². The van der Waals surface area contributed by atoms with Gasteiger partial charge in [0.05, 0.1) is 15.5 Å². The molecule has 110 valence electrons. The van der Waals surface area contributed by atoms with Crippen molar-refractivity contribution in [3.8, 4) is 5.75 Å². The number of nitrogens with one attached hydrogen (secondary N) is 1. The van der Waals surface area contributed by atoms with Crippen LogP contribution in [0.2, 0.25) is 0 Å². The second-order valence-corrected chi connectivity index (χ2v) is 6.06. The molecular formula is C13H12N2O5S. The maximum absolute atomic E-state index is 12.2. The fourth-order valence-electron chi connectivity index (χ4n) is 1.70. The van der Waals surface area contributed by atoms with E-state index in [1.807, 2.05) is 0 Å². The Morgan fingerprint density at radius 3 is 2.57 bits per heavy atom. The second-order valence-electron chi connectivity index (χ2n) is 4.38. The van der Waals surface area contributed by atoms with Crippen molar-refractivity contribution >= 4 is 21.4 Å². The van der Waals surface area contributed by atoms with Crippen LogP contribution in [0.4, 0.5) is 11.4 Å². The van der Waals surface area contributed by atoms with Gasteiger partial charge >= 0.3 is 0 Å². The zero-order chi connectivity index (χ0) is 15.6. The van der Waals surface area contributed by atoms with E-state index in [0.717, 1.165) is 11.6 Å². The van der Waals surface area contributed by atoms with E-state index in [1.165, 1.54) is 30.3 Å². The van der Waals surface area contributed by atoms with E-state index in [1.54, 1.807) is 13.0 Å². The van der Waals surface area contributed by atoms with E-state index in [2.05, 4.69) is 4.72 Å². The Morgan fingerprint density at radius 1 is 1.19 bits per heavy atom. The van der Waals surface area contributed by atoms with Crippen molar-refractivity contribution < 1.29 is 18.4 Å². The highest BCUT2D eigenvalue weighted by molar-refractivity contribution is 7.92. The Hall–Kier alpha value is -2.61. The first-order chi connectivity index (χ1) is 9.79. The molecule has 0 saturated carbocycles. The lowest BCUT2D eigenvalue weighted by Crippen LogP contribution is -2.13. The van der Waals surface area contributed by atoms with Gasteiger partial charge in [0.2, 0.25) is 0 Å². The van der Waals surface area contributed by atoms with Crippen molar-refractivity contribution in [1.82, 2.24) is 0 Å². The van der Waals surface area contributed by atoms with Crippen molar-refractivity contribution in [2.24, 2.45) is 0 Å². The maximum Gasteiger partial charge on any atom is 0.270 e. The monoisotopic (exact) mass is 308 g/mol. The summed E-state index contributed by atoms with van der Waals surface area (Å²) in [5, 5.41) is 20.3. The SMILES string of the molecule is Cc1ccc(O)c(NS(=O)(=O)c2cccc([N+](=O)[O-])c2)c1. The van der Waals surface area contributed by atoms with Gasteiger partial charge in [0.25, 0.3) is 15.7 Å². The number of anilines is 1. The molecule has 0 saturated heterocycles. The van der Waals surface area contributed by atoms with Crippen LogP contribution in [-0.4, -0.2) is 18.4 Å². The van der Waals surface area contributed by atoms with Gasteiger partial charge in [-0.25, -0.2) is 8.42 Å². The van der Waals surface area contributed by atoms with Gasteiger partial charge in [-0.3, -0.25) is 14.8 Å². The average Bonchev–Trinajstić information content (AvgIpc) is 2.43. The standard InChI is InChI=1S/C13H12N2O5S/c1-9-5-6-13(16)12(7-9)14-21(19,20)11-4-2-3-10(8-11)15(17)18/h2-8,14,16H,1H3. The number of phenols is 1. The Balaban J connectivity index is 2.41. The summed E-state index contributed by atoms with van der Waals surface area (Å²) in [6.07, 6.45) is 0. The molecule has 8 heteroatoms.